The lowest BCUT2D eigenvalue weighted by atomic mass is 9.50. The molecule has 3 heteroatoms. The Kier molecular flexibility index (Phi) is 2.39. The predicted octanol–water partition coefficient (Wildman–Crippen LogP) is 2.29. The van der Waals surface area contributed by atoms with Crippen molar-refractivity contribution in [2.24, 2.45) is 11.8 Å². The fraction of sp³-hybridized carbons (Fsp3) is 0.588. The maximum absolute atomic E-state index is 11.5. The van der Waals surface area contributed by atoms with E-state index in [0.717, 1.165) is 19.3 Å². The van der Waals surface area contributed by atoms with E-state index in [9.17, 15) is 9.90 Å². The molecule has 1 saturated carbocycles. The number of benzene rings is 1. The summed E-state index contributed by atoms with van der Waals surface area (Å²) >= 11 is 0. The Hall–Kier alpha value is -1.35. The Bertz CT molecular complexity index is 584. The molecule has 5 rings (SSSR count). The molecular weight excluding hydrogens is 250 g/mol. The summed E-state index contributed by atoms with van der Waals surface area (Å²) in [5.41, 5.74) is 3.11. The van der Waals surface area contributed by atoms with Crippen molar-refractivity contribution in [1.29, 1.82) is 0 Å². The molecule has 1 aromatic rings. The van der Waals surface area contributed by atoms with Crippen LogP contribution in [0.4, 0.5) is 0 Å². The van der Waals surface area contributed by atoms with Crippen LogP contribution in [0, 0.1) is 11.8 Å². The lowest BCUT2D eigenvalue weighted by Crippen LogP contribution is -2.68. The van der Waals surface area contributed by atoms with E-state index in [1.54, 1.807) is 0 Å². The van der Waals surface area contributed by atoms with Gasteiger partial charge >= 0.3 is 5.97 Å². The number of rotatable bonds is 1. The maximum Gasteiger partial charge on any atom is 0.308 e. The largest absolute Gasteiger partial charge is 0.481 e. The van der Waals surface area contributed by atoms with Crippen molar-refractivity contribution in [1.82, 2.24) is 4.90 Å². The first kappa shape index (κ1) is 12.4. The van der Waals surface area contributed by atoms with E-state index < -0.39 is 5.97 Å². The van der Waals surface area contributed by atoms with E-state index in [1.807, 2.05) is 0 Å². The third-order valence-corrected chi connectivity index (χ3v) is 6.31. The average molecular weight is 271 g/mol. The van der Waals surface area contributed by atoms with Crippen LogP contribution in [0.5, 0.6) is 0 Å². The van der Waals surface area contributed by atoms with Gasteiger partial charge in [-0.15, -0.1) is 0 Å². The summed E-state index contributed by atoms with van der Waals surface area (Å²) in [5.74, 6) is -0.311. The number of hydrogen-bond donors (Lipinski definition) is 1. The molecule has 1 aromatic carbocycles. The minimum Gasteiger partial charge on any atom is -0.481 e. The van der Waals surface area contributed by atoms with Gasteiger partial charge in [-0.25, -0.2) is 0 Å². The third kappa shape index (κ3) is 1.37. The zero-order chi connectivity index (χ0) is 14.1. The van der Waals surface area contributed by atoms with Gasteiger partial charge in [0.15, 0.2) is 0 Å². The van der Waals surface area contributed by atoms with Gasteiger partial charge in [-0.1, -0.05) is 31.2 Å². The van der Waals surface area contributed by atoms with E-state index >= 15 is 0 Å². The van der Waals surface area contributed by atoms with Crippen molar-refractivity contribution in [3.63, 3.8) is 0 Å². The molecule has 0 amide bonds. The van der Waals surface area contributed by atoms with Gasteiger partial charge in [-0.05, 0) is 48.8 Å². The smallest absolute Gasteiger partial charge is 0.308 e. The lowest BCUT2D eigenvalue weighted by molar-refractivity contribution is -0.158. The van der Waals surface area contributed by atoms with Crippen LogP contribution < -0.4 is 0 Å². The summed E-state index contributed by atoms with van der Waals surface area (Å²) < 4.78 is 0. The summed E-state index contributed by atoms with van der Waals surface area (Å²) in [6.45, 7) is 2.36. The van der Waals surface area contributed by atoms with Gasteiger partial charge < -0.3 is 5.11 Å². The molecule has 0 radical (unpaired) electrons. The molecule has 2 aliphatic carbocycles. The first-order valence-electron chi connectivity index (χ1n) is 7.55. The molecule has 4 bridgehead atoms. The lowest BCUT2D eigenvalue weighted by Gasteiger charge is -2.63. The van der Waals surface area contributed by atoms with E-state index in [-0.39, 0.29) is 17.4 Å². The summed E-state index contributed by atoms with van der Waals surface area (Å²) in [7, 11) is 2.13. The Balaban J connectivity index is 1.84. The van der Waals surface area contributed by atoms with Crippen molar-refractivity contribution < 1.29 is 9.90 Å². The zero-order valence-electron chi connectivity index (χ0n) is 12.0. The van der Waals surface area contributed by atoms with Crippen molar-refractivity contribution in [3.8, 4) is 0 Å². The molecule has 1 N–H and O–H groups in total. The zero-order valence-corrected chi connectivity index (χ0v) is 12.0. The van der Waals surface area contributed by atoms with Crippen LogP contribution in [-0.2, 0) is 16.6 Å². The second kappa shape index (κ2) is 3.85. The first-order chi connectivity index (χ1) is 9.52. The second-order valence-electron chi connectivity index (χ2n) is 7.07. The maximum atomic E-state index is 11.5. The quantitative estimate of drug-likeness (QED) is 0.852. The number of aliphatic carboxylic acids is 1. The standard InChI is InChI=1S/C17H21NO2/c1-17-9-15-11(16(19)20)8-13(17)14(18(15)2)7-10-5-3-4-6-12(10)17/h3-6,11,13-15H,7-9H2,1-2H3,(H,19,20)/t11?,13?,14?,15?,17-/m0/s1. The second-order valence-corrected chi connectivity index (χ2v) is 7.07. The molecule has 0 aromatic heterocycles. The van der Waals surface area contributed by atoms with Gasteiger partial charge in [0.2, 0.25) is 0 Å². The SMILES string of the molecule is CN1C2C[C@@]3(C)c4ccccc4CC1C3CC2C(=O)O. The van der Waals surface area contributed by atoms with Crippen LogP contribution in [0.2, 0.25) is 0 Å². The summed E-state index contributed by atoms with van der Waals surface area (Å²) in [6.07, 6.45) is 2.91. The fourth-order valence-electron chi connectivity index (χ4n) is 5.30. The number of carboxylic acid groups (broad SMARTS) is 1. The Morgan fingerprint density at radius 2 is 2.10 bits per heavy atom. The van der Waals surface area contributed by atoms with Crippen LogP contribution in [0.1, 0.15) is 30.9 Å². The van der Waals surface area contributed by atoms with Crippen molar-refractivity contribution in [2.45, 2.75) is 43.7 Å². The molecule has 4 unspecified atom stereocenters. The summed E-state index contributed by atoms with van der Waals surface area (Å²) in [6, 6.07) is 9.49. The number of fused-ring (bicyclic) bond motifs is 2. The predicted molar refractivity (Wildman–Crippen MR) is 76.7 cm³/mol. The Morgan fingerprint density at radius 1 is 1.35 bits per heavy atom. The molecular formula is C17H21NO2. The minimum absolute atomic E-state index is 0.169. The monoisotopic (exact) mass is 271 g/mol. The summed E-state index contributed by atoms with van der Waals surface area (Å²) in [4.78, 5) is 13.9. The molecule has 3 fully saturated rings. The van der Waals surface area contributed by atoms with E-state index in [4.69, 9.17) is 0 Å². The van der Waals surface area contributed by atoms with Crippen molar-refractivity contribution >= 4 is 5.97 Å². The summed E-state index contributed by atoms with van der Waals surface area (Å²) in [5, 5.41) is 9.49. The Morgan fingerprint density at radius 3 is 2.85 bits per heavy atom. The number of carboxylic acids is 1. The average Bonchev–Trinajstić information content (AvgIpc) is 2.43. The highest BCUT2D eigenvalue weighted by Crippen LogP contribution is 2.57. The topological polar surface area (TPSA) is 40.5 Å². The highest BCUT2D eigenvalue weighted by Gasteiger charge is 2.59. The molecule has 20 heavy (non-hydrogen) atoms. The van der Waals surface area contributed by atoms with Gasteiger partial charge in [0.1, 0.15) is 0 Å². The molecule has 2 aliphatic heterocycles. The third-order valence-electron chi connectivity index (χ3n) is 6.31. The number of piperidine rings is 2. The minimum atomic E-state index is -0.610. The van der Waals surface area contributed by atoms with Crippen LogP contribution >= 0.6 is 0 Å². The van der Waals surface area contributed by atoms with Gasteiger partial charge in [-0.3, -0.25) is 9.69 Å². The Labute approximate surface area is 119 Å². The van der Waals surface area contributed by atoms with Crippen LogP contribution in [0.25, 0.3) is 0 Å². The first-order valence-corrected chi connectivity index (χ1v) is 7.55. The normalized spacial score (nSPS) is 42.3. The van der Waals surface area contributed by atoms with Crippen LogP contribution in [0.3, 0.4) is 0 Å². The molecule has 106 valence electrons. The van der Waals surface area contributed by atoms with E-state index in [1.165, 1.54) is 11.1 Å². The van der Waals surface area contributed by atoms with Crippen molar-refractivity contribution in [2.75, 3.05) is 7.05 Å². The molecule has 5 atom stereocenters. The van der Waals surface area contributed by atoms with E-state index in [2.05, 4.69) is 43.1 Å². The molecule has 2 saturated heterocycles. The molecule has 4 aliphatic rings. The van der Waals surface area contributed by atoms with Gasteiger partial charge in [-0.2, -0.15) is 0 Å². The number of hydrogen-bond acceptors (Lipinski definition) is 2. The molecule has 0 spiro atoms. The van der Waals surface area contributed by atoms with Gasteiger partial charge in [0.05, 0.1) is 5.92 Å². The molecule has 2 heterocycles. The fourth-order valence-corrected chi connectivity index (χ4v) is 5.30. The van der Waals surface area contributed by atoms with Gasteiger partial charge in [0.25, 0.3) is 0 Å². The number of likely N-dealkylation sites (N-methyl/N-ethyl adjacent to an activating group) is 1. The molecule has 3 nitrogen and oxygen atoms in total. The number of carbonyl (C=O) groups is 1. The van der Waals surface area contributed by atoms with Crippen LogP contribution in [-0.4, -0.2) is 35.1 Å². The number of nitrogens with zero attached hydrogens (tertiary/aromatic N) is 1. The highest BCUT2D eigenvalue weighted by atomic mass is 16.4. The van der Waals surface area contributed by atoms with Crippen molar-refractivity contribution in [3.05, 3.63) is 35.4 Å². The van der Waals surface area contributed by atoms with Crippen LogP contribution in [0.15, 0.2) is 24.3 Å². The highest BCUT2D eigenvalue weighted by molar-refractivity contribution is 5.72. The van der Waals surface area contributed by atoms with Gasteiger partial charge in [0, 0.05) is 12.1 Å². The van der Waals surface area contributed by atoms with E-state index in [0.29, 0.717) is 12.0 Å².